The zero-order chi connectivity index (χ0) is 30.8. The molecule has 8 aliphatic rings. The summed E-state index contributed by atoms with van der Waals surface area (Å²) in [5.74, 6) is -0.308. The second kappa shape index (κ2) is 12.2. The van der Waals surface area contributed by atoms with Crippen molar-refractivity contribution >= 4 is 17.6 Å². The van der Waals surface area contributed by atoms with Crippen molar-refractivity contribution in [1.82, 2.24) is 25.3 Å². The molecule has 8 rings (SSSR count). The first-order chi connectivity index (χ1) is 21.9. The summed E-state index contributed by atoms with van der Waals surface area (Å²) in [6.45, 7) is 6.14. The van der Waals surface area contributed by atoms with Crippen LogP contribution in [0.15, 0.2) is 11.8 Å². The quantitative estimate of drug-likeness (QED) is 0.430. The van der Waals surface area contributed by atoms with Crippen molar-refractivity contribution in [2.45, 2.75) is 126 Å². The highest BCUT2D eigenvalue weighted by molar-refractivity contribution is 6.20. The molecule has 11 heteroatoms. The van der Waals surface area contributed by atoms with Crippen LogP contribution in [0.25, 0.3) is 0 Å². The number of carbonyl (C=O) groups excluding carboxylic acids is 3. The number of nitrogens with one attached hydrogen (secondary N) is 2. The van der Waals surface area contributed by atoms with Crippen molar-refractivity contribution in [3.8, 4) is 0 Å². The van der Waals surface area contributed by atoms with Crippen LogP contribution >= 0.6 is 0 Å². The first-order valence-electron chi connectivity index (χ1n) is 17.9. The number of morpholine rings is 1. The van der Waals surface area contributed by atoms with E-state index in [0.29, 0.717) is 37.6 Å². The second-order valence-electron chi connectivity index (χ2n) is 15.2. The van der Waals surface area contributed by atoms with Gasteiger partial charge in [0.1, 0.15) is 6.17 Å². The van der Waals surface area contributed by atoms with Gasteiger partial charge in [-0.15, -0.1) is 0 Å². The predicted octanol–water partition coefficient (Wildman–Crippen LogP) is 1.78. The van der Waals surface area contributed by atoms with Crippen LogP contribution in [0.1, 0.15) is 71.1 Å². The molecule has 0 aromatic rings. The van der Waals surface area contributed by atoms with E-state index >= 15 is 4.39 Å². The van der Waals surface area contributed by atoms with E-state index < -0.39 is 24.2 Å². The highest BCUT2D eigenvalue weighted by atomic mass is 19.1. The van der Waals surface area contributed by atoms with Gasteiger partial charge < -0.3 is 29.9 Å². The second-order valence-corrected chi connectivity index (χ2v) is 15.2. The molecule has 3 aliphatic carbocycles. The number of alkyl halides is 1. The van der Waals surface area contributed by atoms with Crippen LogP contribution in [0.5, 0.6) is 0 Å². The standard InChI is InChI=1S/C34H50FN5O5/c1-19(41)37-20-8-12-39(17-20)31-25(35)14-23-30-33(31)45-29-15-22-21-6-2-3-7-27(21)44-28(22)16-26(29)40(30)18-24(32(23)42)34(43)36-9-13-38-10-4-5-11-38/h18,20-23,25-31,33H,2-17H2,1H3,(H,36,43)(H,37,41)/t20-,21?,22?,23?,25?,26?,27?,28?,29?,30?,31?,33?/m1/s1. The van der Waals surface area contributed by atoms with Gasteiger partial charge in [0.25, 0.3) is 5.91 Å². The number of Topliss-reactive ketones (excluding diaryl/α,β-unsaturated/α-hetero) is 1. The van der Waals surface area contributed by atoms with Crippen LogP contribution in [0.2, 0.25) is 0 Å². The molecule has 3 saturated carbocycles. The molecule has 0 bridgehead atoms. The summed E-state index contributed by atoms with van der Waals surface area (Å²) in [7, 11) is 0. The molecule has 12 atom stereocenters. The molecular formula is C34H50FN5O5. The van der Waals surface area contributed by atoms with Gasteiger partial charge in [0.15, 0.2) is 5.78 Å². The number of hydrogen-bond acceptors (Lipinski definition) is 8. The number of fused-ring (bicyclic) bond motifs is 5. The fourth-order valence-corrected chi connectivity index (χ4v) is 10.7. The van der Waals surface area contributed by atoms with E-state index in [1.165, 1.54) is 39.0 Å². The number of ketones is 1. The van der Waals surface area contributed by atoms with Gasteiger partial charge in [-0.3, -0.25) is 19.3 Å². The van der Waals surface area contributed by atoms with Gasteiger partial charge in [-0.25, -0.2) is 4.39 Å². The summed E-state index contributed by atoms with van der Waals surface area (Å²) in [6.07, 6.45) is 10.1. The van der Waals surface area contributed by atoms with Crippen LogP contribution in [0.3, 0.4) is 0 Å². The molecule has 0 aromatic carbocycles. The number of ether oxygens (including phenoxy) is 2. The number of halogens is 1. The lowest BCUT2D eigenvalue weighted by molar-refractivity contribution is -0.220. The maximum Gasteiger partial charge on any atom is 0.256 e. The van der Waals surface area contributed by atoms with Gasteiger partial charge in [-0.05, 0) is 76.3 Å². The zero-order valence-corrected chi connectivity index (χ0v) is 26.6. The van der Waals surface area contributed by atoms with Gasteiger partial charge in [0, 0.05) is 51.3 Å². The number of carbonyl (C=O) groups is 3. The summed E-state index contributed by atoms with van der Waals surface area (Å²) in [5, 5.41) is 6.03. The Morgan fingerprint density at radius 3 is 2.58 bits per heavy atom. The minimum Gasteiger partial charge on any atom is -0.374 e. The van der Waals surface area contributed by atoms with Crippen LogP contribution in [-0.2, 0) is 23.9 Å². The lowest BCUT2D eigenvalue weighted by Crippen LogP contribution is -2.73. The molecule has 4 saturated heterocycles. The maximum absolute atomic E-state index is 16.5. The molecule has 0 spiro atoms. The van der Waals surface area contributed by atoms with E-state index in [1.807, 2.05) is 6.20 Å². The molecule has 0 radical (unpaired) electrons. The van der Waals surface area contributed by atoms with E-state index in [2.05, 4.69) is 25.3 Å². The molecule has 45 heavy (non-hydrogen) atoms. The Labute approximate surface area is 265 Å². The average Bonchev–Trinajstić information content (AvgIpc) is 3.78. The number of nitrogens with zero attached hydrogens (tertiary/aromatic N) is 3. The average molecular weight is 628 g/mol. The Morgan fingerprint density at radius 2 is 1.76 bits per heavy atom. The molecule has 7 fully saturated rings. The minimum absolute atomic E-state index is 0.0156. The zero-order valence-electron chi connectivity index (χ0n) is 26.6. The molecule has 2 N–H and O–H groups in total. The minimum atomic E-state index is -1.26. The summed E-state index contributed by atoms with van der Waals surface area (Å²) < 4.78 is 30.2. The molecule has 0 aromatic heterocycles. The Bertz CT molecular complexity index is 1210. The first-order valence-corrected chi connectivity index (χ1v) is 17.9. The summed E-state index contributed by atoms with van der Waals surface area (Å²) in [5.41, 5.74) is 0.165. The lowest BCUT2D eigenvalue weighted by Gasteiger charge is -2.61. The number of rotatable bonds is 6. The topological polar surface area (TPSA) is 103 Å². The van der Waals surface area contributed by atoms with Crippen molar-refractivity contribution in [3.63, 3.8) is 0 Å². The third kappa shape index (κ3) is 5.43. The molecular weight excluding hydrogens is 577 g/mol. The monoisotopic (exact) mass is 627 g/mol. The van der Waals surface area contributed by atoms with Gasteiger partial charge in [0.05, 0.1) is 48.1 Å². The van der Waals surface area contributed by atoms with Gasteiger partial charge in [0.2, 0.25) is 5.91 Å². The molecule has 248 valence electrons. The normalized spacial score (nSPS) is 44.4. The third-order valence-corrected chi connectivity index (χ3v) is 12.6. The smallest absolute Gasteiger partial charge is 0.256 e. The number of hydrogen-bond donors (Lipinski definition) is 2. The van der Waals surface area contributed by atoms with Crippen molar-refractivity contribution in [2.24, 2.45) is 17.8 Å². The molecule has 11 unspecified atom stereocenters. The van der Waals surface area contributed by atoms with E-state index in [1.54, 1.807) is 0 Å². The fraction of sp³-hybridized carbons (Fsp3) is 0.853. The third-order valence-electron chi connectivity index (χ3n) is 12.6. The van der Waals surface area contributed by atoms with Crippen molar-refractivity contribution in [2.75, 3.05) is 39.3 Å². The molecule has 5 heterocycles. The highest BCUT2D eigenvalue weighted by Gasteiger charge is 2.62. The Kier molecular flexibility index (Phi) is 8.19. The van der Waals surface area contributed by atoms with Crippen LogP contribution in [0.4, 0.5) is 4.39 Å². The van der Waals surface area contributed by atoms with E-state index in [9.17, 15) is 14.4 Å². The van der Waals surface area contributed by atoms with E-state index in [-0.39, 0.29) is 59.9 Å². The molecule has 2 amide bonds. The van der Waals surface area contributed by atoms with Crippen LogP contribution in [0, 0.1) is 17.8 Å². The summed E-state index contributed by atoms with van der Waals surface area (Å²) in [6, 6.07) is -0.849. The fourth-order valence-electron chi connectivity index (χ4n) is 10.7. The number of amides is 2. The highest BCUT2D eigenvalue weighted by Crippen LogP contribution is 2.53. The van der Waals surface area contributed by atoms with E-state index in [4.69, 9.17) is 9.47 Å². The van der Waals surface area contributed by atoms with Crippen molar-refractivity contribution in [1.29, 1.82) is 0 Å². The van der Waals surface area contributed by atoms with Gasteiger partial charge in [-0.2, -0.15) is 0 Å². The molecule has 10 nitrogen and oxygen atoms in total. The first kappa shape index (κ1) is 30.3. The Balaban J connectivity index is 1.08. The molecule has 5 aliphatic heterocycles. The lowest BCUT2D eigenvalue weighted by atomic mass is 9.67. The van der Waals surface area contributed by atoms with E-state index in [0.717, 1.165) is 45.3 Å². The van der Waals surface area contributed by atoms with Crippen LogP contribution in [-0.4, -0.2) is 126 Å². The maximum atomic E-state index is 16.5. The number of likely N-dealkylation sites (tertiary alicyclic amines) is 2. The van der Waals surface area contributed by atoms with Crippen LogP contribution < -0.4 is 10.6 Å². The Morgan fingerprint density at radius 1 is 0.933 bits per heavy atom. The van der Waals surface area contributed by atoms with Gasteiger partial charge >= 0.3 is 0 Å². The Hall–Kier alpha value is -2.08. The summed E-state index contributed by atoms with van der Waals surface area (Å²) >= 11 is 0. The predicted molar refractivity (Wildman–Crippen MR) is 164 cm³/mol. The van der Waals surface area contributed by atoms with Crippen molar-refractivity contribution in [3.05, 3.63) is 11.8 Å². The van der Waals surface area contributed by atoms with Gasteiger partial charge in [-0.1, -0.05) is 12.8 Å². The van der Waals surface area contributed by atoms with Crippen molar-refractivity contribution < 1.29 is 28.2 Å². The summed E-state index contributed by atoms with van der Waals surface area (Å²) in [4.78, 5) is 46.2. The SMILES string of the molecule is CC(=O)N[C@@H]1CCN(C2C(F)CC3C(=O)C(C(=O)NCCN4CCCC4)=CN4C5CC6OC7CCCCC7C6CC5OC2C34)C1. The largest absolute Gasteiger partial charge is 0.374 e.